The van der Waals surface area contributed by atoms with Gasteiger partial charge in [-0.3, -0.25) is 4.21 Å². The van der Waals surface area contributed by atoms with E-state index in [0.29, 0.717) is 22.9 Å². The third-order valence-electron chi connectivity index (χ3n) is 3.45. The molecule has 0 radical (unpaired) electrons. The molecule has 1 aromatic carbocycles. The molecule has 20 heavy (non-hydrogen) atoms. The Balaban J connectivity index is 1.93. The van der Waals surface area contributed by atoms with E-state index in [0.717, 1.165) is 12.8 Å². The summed E-state index contributed by atoms with van der Waals surface area (Å²) in [5.74, 6) is 1.34. The van der Waals surface area contributed by atoms with E-state index in [4.69, 9.17) is 5.73 Å². The number of rotatable bonds is 2. The number of benzene rings is 1. The number of hydrogen-bond donors (Lipinski definition) is 1. The van der Waals surface area contributed by atoms with Gasteiger partial charge in [-0.2, -0.15) is 0 Å². The minimum atomic E-state index is -0.739. The molecular formula is C12H14FN5OS. The van der Waals surface area contributed by atoms with Crippen LogP contribution in [0.3, 0.4) is 0 Å². The standard InChI is InChI=1S/C12H14FN5OS/c13-10-7-8(1-2-11(10)14)12-15-16-17-18(12)9-3-5-20(19)6-4-9/h1-2,7,9H,3-6,14H2. The second-order valence-corrected chi connectivity index (χ2v) is 6.46. The number of tetrazole rings is 1. The Morgan fingerprint density at radius 3 is 2.80 bits per heavy atom. The lowest BCUT2D eigenvalue weighted by Gasteiger charge is -2.22. The molecule has 1 aromatic heterocycles. The first kappa shape index (κ1) is 13.2. The molecule has 0 bridgehead atoms. The van der Waals surface area contributed by atoms with Crippen molar-refractivity contribution in [3.05, 3.63) is 24.0 Å². The Kier molecular flexibility index (Phi) is 3.47. The molecule has 0 amide bonds. The van der Waals surface area contributed by atoms with Crippen LogP contribution in [-0.2, 0) is 10.8 Å². The molecule has 0 saturated carbocycles. The predicted octanol–water partition coefficient (Wildman–Crippen LogP) is 1.15. The zero-order valence-electron chi connectivity index (χ0n) is 10.7. The maximum atomic E-state index is 13.6. The van der Waals surface area contributed by atoms with Crippen LogP contribution in [0.4, 0.5) is 10.1 Å². The summed E-state index contributed by atoms with van der Waals surface area (Å²) in [6.45, 7) is 0. The lowest BCUT2D eigenvalue weighted by molar-refractivity contribution is 0.415. The van der Waals surface area contributed by atoms with Crippen LogP contribution >= 0.6 is 0 Å². The van der Waals surface area contributed by atoms with E-state index in [2.05, 4.69) is 15.5 Å². The summed E-state index contributed by atoms with van der Waals surface area (Å²) < 4.78 is 26.7. The number of nitrogens with zero attached hydrogens (tertiary/aromatic N) is 4. The van der Waals surface area contributed by atoms with Crippen LogP contribution in [0.2, 0.25) is 0 Å². The zero-order chi connectivity index (χ0) is 14.1. The molecule has 1 fully saturated rings. The lowest BCUT2D eigenvalue weighted by atomic mass is 10.1. The molecule has 2 heterocycles. The Morgan fingerprint density at radius 2 is 2.10 bits per heavy atom. The van der Waals surface area contributed by atoms with Gasteiger partial charge in [0.1, 0.15) is 5.82 Å². The Bertz CT molecular complexity index is 649. The Hall–Kier alpha value is -1.83. The molecule has 6 nitrogen and oxygen atoms in total. The zero-order valence-corrected chi connectivity index (χ0v) is 11.5. The van der Waals surface area contributed by atoms with Gasteiger partial charge in [-0.25, -0.2) is 9.07 Å². The molecule has 0 aliphatic carbocycles. The van der Waals surface area contributed by atoms with Crippen molar-refractivity contribution < 1.29 is 8.60 Å². The first-order valence-electron chi connectivity index (χ1n) is 6.33. The van der Waals surface area contributed by atoms with Crippen molar-refractivity contribution in [1.82, 2.24) is 20.2 Å². The lowest BCUT2D eigenvalue weighted by Crippen LogP contribution is -2.23. The normalized spacial score (nSPS) is 22.9. The van der Waals surface area contributed by atoms with Gasteiger partial charge in [-0.1, -0.05) is 0 Å². The highest BCUT2D eigenvalue weighted by Crippen LogP contribution is 2.27. The van der Waals surface area contributed by atoms with Gasteiger partial charge in [-0.15, -0.1) is 5.10 Å². The van der Waals surface area contributed by atoms with E-state index in [-0.39, 0.29) is 11.7 Å². The molecule has 1 aliphatic rings. The number of halogens is 1. The fourth-order valence-electron chi connectivity index (χ4n) is 2.32. The molecule has 0 unspecified atom stereocenters. The van der Waals surface area contributed by atoms with Gasteiger partial charge < -0.3 is 5.73 Å². The summed E-state index contributed by atoms with van der Waals surface area (Å²) in [4.78, 5) is 0. The minimum Gasteiger partial charge on any atom is -0.396 e. The average molecular weight is 295 g/mol. The maximum Gasteiger partial charge on any atom is 0.182 e. The topological polar surface area (TPSA) is 86.7 Å². The number of nitrogen functional groups attached to an aromatic ring is 1. The highest BCUT2D eigenvalue weighted by molar-refractivity contribution is 7.85. The predicted molar refractivity (Wildman–Crippen MR) is 73.8 cm³/mol. The summed E-state index contributed by atoms with van der Waals surface area (Å²) in [5, 5.41) is 11.6. The van der Waals surface area contributed by atoms with Crippen LogP contribution in [-0.4, -0.2) is 35.9 Å². The van der Waals surface area contributed by atoms with Gasteiger partial charge in [0, 0.05) is 27.9 Å². The van der Waals surface area contributed by atoms with Crippen molar-refractivity contribution >= 4 is 16.5 Å². The first-order valence-corrected chi connectivity index (χ1v) is 7.82. The van der Waals surface area contributed by atoms with Gasteiger partial charge in [0.2, 0.25) is 0 Å². The van der Waals surface area contributed by atoms with E-state index in [1.165, 1.54) is 12.1 Å². The van der Waals surface area contributed by atoms with Crippen molar-refractivity contribution in [2.24, 2.45) is 0 Å². The van der Waals surface area contributed by atoms with Crippen LogP contribution in [0.25, 0.3) is 11.4 Å². The number of aromatic nitrogens is 4. The second-order valence-electron chi connectivity index (χ2n) is 4.76. The van der Waals surface area contributed by atoms with Crippen LogP contribution in [0.1, 0.15) is 18.9 Å². The summed E-state index contributed by atoms with van der Waals surface area (Å²) in [6.07, 6.45) is 1.53. The van der Waals surface area contributed by atoms with Crippen molar-refractivity contribution in [3.63, 3.8) is 0 Å². The third-order valence-corrected chi connectivity index (χ3v) is 4.84. The van der Waals surface area contributed by atoms with E-state index in [1.54, 1.807) is 10.7 Å². The highest BCUT2D eigenvalue weighted by atomic mass is 32.2. The van der Waals surface area contributed by atoms with Gasteiger partial charge >= 0.3 is 0 Å². The number of nitrogens with two attached hydrogens (primary N) is 1. The molecule has 2 N–H and O–H groups in total. The summed E-state index contributed by atoms with van der Waals surface area (Å²) in [5.41, 5.74) is 6.16. The maximum absolute atomic E-state index is 13.6. The summed E-state index contributed by atoms with van der Waals surface area (Å²) >= 11 is 0. The van der Waals surface area contributed by atoms with Gasteiger partial charge in [-0.05, 0) is 41.5 Å². The van der Waals surface area contributed by atoms with Gasteiger partial charge in [0.25, 0.3) is 0 Å². The molecule has 1 aliphatic heterocycles. The van der Waals surface area contributed by atoms with Gasteiger partial charge in [0.15, 0.2) is 5.82 Å². The highest BCUT2D eigenvalue weighted by Gasteiger charge is 2.23. The molecule has 1 saturated heterocycles. The minimum absolute atomic E-state index is 0.0980. The average Bonchev–Trinajstić information content (AvgIpc) is 2.92. The first-order chi connectivity index (χ1) is 9.65. The Morgan fingerprint density at radius 1 is 1.35 bits per heavy atom. The van der Waals surface area contributed by atoms with Crippen molar-refractivity contribution in [2.75, 3.05) is 17.2 Å². The van der Waals surface area contributed by atoms with Gasteiger partial charge in [0.05, 0.1) is 11.7 Å². The van der Waals surface area contributed by atoms with E-state index >= 15 is 0 Å². The van der Waals surface area contributed by atoms with Crippen molar-refractivity contribution in [3.8, 4) is 11.4 Å². The van der Waals surface area contributed by atoms with Crippen LogP contribution in [0.5, 0.6) is 0 Å². The fourth-order valence-corrected chi connectivity index (χ4v) is 3.60. The van der Waals surface area contributed by atoms with Crippen molar-refractivity contribution in [2.45, 2.75) is 18.9 Å². The molecule has 106 valence electrons. The second kappa shape index (κ2) is 5.28. The quantitative estimate of drug-likeness (QED) is 0.840. The van der Waals surface area contributed by atoms with E-state index in [9.17, 15) is 8.60 Å². The smallest absolute Gasteiger partial charge is 0.182 e. The largest absolute Gasteiger partial charge is 0.396 e. The fraction of sp³-hybridized carbons (Fsp3) is 0.417. The third kappa shape index (κ3) is 2.43. The molecule has 8 heteroatoms. The molecule has 3 rings (SSSR count). The summed E-state index contributed by atoms with van der Waals surface area (Å²) in [6, 6.07) is 4.64. The molecule has 2 aromatic rings. The van der Waals surface area contributed by atoms with E-state index < -0.39 is 16.6 Å². The van der Waals surface area contributed by atoms with Crippen LogP contribution in [0, 0.1) is 5.82 Å². The SMILES string of the molecule is Nc1ccc(-c2nnnn2C2CCS(=O)CC2)cc1F. The van der Waals surface area contributed by atoms with Crippen LogP contribution < -0.4 is 5.73 Å². The van der Waals surface area contributed by atoms with Crippen molar-refractivity contribution in [1.29, 1.82) is 0 Å². The van der Waals surface area contributed by atoms with Crippen LogP contribution in [0.15, 0.2) is 18.2 Å². The monoisotopic (exact) mass is 295 g/mol. The molecule has 0 spiro atoms. The Labute approximate surface area is 117 Å². The number of hydrogen-bond acceptors (Lipinski definition) is 5. The summed E-state index contributed by atoms with van der Waals surface area (Å²) in [7, 11) is -0.739. The van der Waals surface area contributed by atoms with E-state index in [1.807, 2.05) is 0 Å². The number of anilines is 1. The molecular weight excluding hydrogens is 281 g/mol. The molecule has 0 atom stereocenters.